The molecule has 1 aliphatic heterocycles. The molecule has 0 spiro atoms. The van der Waals surface area contributed by atoms with Crippen molar-refractivity contribution in [2.24, 2.45) is 0 Å². The number of amides is 1. The number of fused-ring (bicyclic) bond motifs is 1. The van der Waals surface area contributed by atoms with E-state index in [0.29, 0.717) is 43.4 Å². The van der Waals surface area contributed by atoms with Crippen LogP contribution in [0.15, 0.2) is 36.9 Å². The highest BCUT2D eigenvalue weighted by atomic mass is 35.5. The van der Waals surface area contributed by atoms with Crippen LogP contribution in [0.1, 0.15) is 25.3 Å². The van der Waals surface area contributed by atoms with Crippen molar-refractivity contribution in [3.63, 3.8) is 0 Å². The van der Waals surface area contributed by atoms with Crippen LogP contribution in [0.4, 0.5) is 11.5 Å². The van der Waals surface area contributed by atoms with E-state index in [-0.39, 0.29) is 11.9 Å². The van der Waals surface area contributed by atoms with Gasteiger partial charge in [-0.3, -0.25) is 4.79 Å². The number of likely N-dealkylation sites (tertiary alicyclic amines) is 1. The number of anilines is 2. The van der Waals surface area contributed by atoms with Gasteiger partial charge in [-0.1, -0.05) is 0 Å². The Hall–Kier alpha value is -2.91. The van der Waals surface area contributed by atoms with Crippen LogP contribution < -0.4 is 10.1 Å². The van der Waals surface area contributed by atoms with Gasteiger partial charge in [-0.2, -0.15) is 0 Å². The Kier molecular flexibility index (Phi) is 7.39. The number of carbonyl (C=O) groups is 1. The molecule has 1 N–H and O–H groups in total. The van der Waals surface area contributed by atoms with Crippen LogP contribution in [0.5, 0.6) is 5.75 Å². The molecule has 1 aliphatic rings. The van der Waals surface area contributed by atoms with Gasteiger partial charge in [0.25, 0.3) is 0 Å². The first-order valence-electron chi connectivity index (χ1n) is 10.7. The number of aromatic nitrogens is 4. The zero-order valence-electron chi connectivity index (χ0n) is 18.0. The van der Waals surface area contributed by atoms with E-state index in [9.17, 15) is 4.79 Å². The maximum atomic E-state index is 12.3. The highest BCUT2D eigenvalue weighted by Gasteiger charge is 2.26. The largest absolute Gasteiger partial charge is 0.491 e. The zero-order valence-corrected chi connectivity index (χ0v) is 18.8. The Morgan fingerprint density at radius 2 is 2.06 bits per heavy atom. The normalized spacial score (nSPS) is 16.3. The minimum absolute atomic E-state index is 0.0979. The number of ether oxygens (including phenoxy) is 2. The molecule has 1 amide bonds. The number of rotatable bonds is 9. The van der Waals surface area contributed by atoms with Crippen molar-refractivity contribution < 1.29 is 14.3 Å². The van der Waals surface area contributed by atoms with Crippen molar-refractivity contribution in [1.82, 2.24) is 24.4 Å². The number of hydrogen-bond acceptors (Lipinski definition) is 7. The summed E-state index contributed by atoms with van der Waals surface area (Å²) in [6, 6.07) is 7.76. The summed E-state index contributed by atoms with van der Waals surface area (Å²) in [5, 5.41) is 3.32. The van der Waals surface area contributed by atoms with Crippen LogP contribution in [0, 0.1) is 0 Å². The number of methoxy groups -OCH3 is 1. The lowest BCUT2D eigenvalue weighted by atomic mass is 10.1. The molecule has 2 aromatic heterocycles. The number of hydrogen-bond donors (Lipinski definition) is 1. The monoisotopic (exact) mass is 458 g/mol. The number of carbonyl (C=O) groups excluding carboxylic acids is 1. The molecule has 0 radical (unpaired) electrons. The lowest BCUT2D eigenvalue weighted by Crippen LogP contribution is -2.40. The smallest absolute Gasteiger partial charge is 0.223 e. The number of alkyl halides is 1. The second-order valence-corrected chi connectivity index (χ2v) is 7.99. The summed E-state index contributed by atoms with van der Waals surface area (Å²) < 4.78 is 12.7. The molecule has 0 unspecified atom stereocenters. The van der Waals surface area contributed by atoms with E-state index in [1.54, 1.807) is 13.4 Å². The summed E-state index contributed by atoms with van der Waals surface area (Å²) in [5.74, 6) is 1.85. The van der Waals surface area contributed by atoms with Gasteiger partial charge in [0.15, 0.2) is 17.0 Å². The highest BCUT2D eigenvalue weighted by Crippen LogP contribution is 2.28. The fraction of sp³-hybridized carbons (Fsp3) is 0.455. The average molecular weight is 459 g/mol. The Morgan fingerprint density at radius 3 is 2.84 bits per heavy atom. The second-order valence-electron chi connectivity index (χ2n) is 7.61. The summed E-state index contributed by atoms with van der Waals surface area (Å²) >= 11 is 5.75. The van der Waals surface area contributed by atoms with Crippen LogP contribution in [0.3, 0.4) is 0 Å². The van der Waals surface area contributed by atoms with Gasteiger partial charge < -0.3 is 24.3 Å². The first-order valence-corrected chi connectivity index (χ1v) is 11.2. The maximum absolute atomic E-state index is 12.3. The van der Waals surface area contributed by atoms with E-state index in [1.165, 1.54) is 6.33 Å². The number of imidazole rings is 1. The van der Waals surface area contributed by atoms with E-state index in [2.05, 4.69) is 24.8 Å². The highest BCUT2D eigenvalue weighted by molar-refractivity contribution is 6.18. The summed E-state index contributed by atoms with van der Waals surface area (Å²) in [6.45, 7) is 2.45. The van der Waals surface area contributed by atoms with Crippen molar-refractivity contribution in [2.45, 2.75) is 25.3 Å². The van der Waals surface area contributed by atoms with Crippen LogP contribution in [0.2, 0.25) is 0 Å². The number of halogens is 1. The quantitative estimate of drug-likeness (QED) is 0.388. The molecule has 9 nitrogen and oxygen atoms in total. The summed E-state index contributed by atoms with van der Waals surface area (Å²) in [7, 11) is 1.64. The third-order valence-corrected chi connectivity index (χ3v) is 5.67. The zero-order chi connectivity index (χ0) is 22.3. The number of benzene rings is 1. The maximum Gasteiger partial charge on any atom is 0.223 e. The first kappa shape index (κ1) is 22.3. The van der Waals surface area contributed by atoms with Crippen LogP contribution in [-0.4, -0.2) is 69.6 Å². The van der Waals surface area contributed by atoms with Gasteiger partial charge in [0.1, 0.15) is 18.7 Å². The second kappa shape index (κ2) is 10.6. The van der Waals surface area contributed by atoms with Crippen molar-refractivity contribution >= 4 is 40.2 Å². The molecule has 1 atom stereocenters. The van der Waals surface area contributed by atoms with E-state index in [1.807, 2.05) is 29.2 Å². The summed E-state index contributed by atoms with van der Waals surface area (Å²) in [6.07, 6.45) is 5.59. The molecular weight excluding hydrogens is 432 g/mol. The lowest BCUT2D eigenvalue weighted by Gasteiger charge is -2.33. The molecule has 1 fully saturated rings. The van der Waals surface area contributed by atoms with Crippen LogP contribution in [-0.2, 0) is 9.53 Å². The fourth-order valence-corrected chi connectivity index (χ4v) is 4.03. The molecule has 1 aromatic carbocycles. The van der Waals surface area contributed by atoms with E-state index in [4.69, 9.17) is 21.1 Å². The third kappa shape index (κ3) is 5.11. The SMILES string of the molecule is COCCOc1ccc(Nc2ncnc3c2ncn3[C@@H]2CCCN(C(=O)CCCl)C2)cc1. The summed E-state index contributed by atoms with van der Waals surface area (Å²) in [4.78, 5) is 27.6. The van der Waals surface area contributed by atoms with E-state index in [0.717, 1.165) is 36.5 Å². The van der Waals surface area contributed by atoms with Gasteiger partial charge in [0, 0.05) is 38.2 Å². The lowest BCUT2D eigenvalue weighted by molar-refractivity contribution is -0.132. The molecule has 10 heteroatoms. The number of piperidine rings is 1. The average Bonchev–Trinajstić information content (AvgIpc) is 3.26. The molecule has 0 aliphatic carbocycles. The van der Waals surface area contributed by atoms with Crippen molar-refractivity contribution in [3.05, 3.63) is 36.9 Å². The van der Waals surface area contributed by atoms with Gasteiger partial charge in [-0.25, -0.2) is 15.0 Å². The van der Waals surface area contributed by atoms with Crippen LogP contribution in [0.25, 0.3) is 11.2 Å². The van der Waals surface area contributed by atoms with Crippen molar-refractivity contribution in [1.29, 1.82) is 0 Å². The topological polar surface area (TPSA) is 94.4 Å². The standard InChI is InChI=1S/C22H27ClN6O3/c1-31-11-12-32-18-6-4-16(5-7-18)27-21-20-22(25-14-24-21)29(15-26-20)17-3-2-10-28(13-17)19(30)8-9-23/h4-7,14-15,17H,2-3,8-13H2,1H3,(H,24,25,27)/t17-/m1/s1. The number of nitrogens with zero attached hydrogens (tertiary/aromatic N) is 5. The van der Waals surface area contributed by atoms with Crippen LogP contribution >= 0.6 is 11.6 Å². The minimum Gasteiger partial charge on any atom is -0.491 e. The van der Waals surface area contributed by atoms with Gasteiger partial charge in [0.2, 0.25) is 5.91 Å². The fourth-order valence-electron chi connectivity index (χ4n) is 3.87. The molecule has 0 saturated carbocycles. The molecule has 4 rings (SSSR count). The predicted octanol–water partition coefficient (Wildman–Crippen LogP) is 3.39. The Morgan fingerprint density at radius 1 is 1.22 bits per heavy atom. The van der Waals surface area contributed by atoms with E-state index < -0.39 is 0 Å². The van der Waals surface area contributed by atoms with E-state index >= 15 is 0 Å². The first-order chi connectivity index (χ1) is 15.7. The molecule has 170 valence electrons. The molecule has 3 aromatic rings. The molecule has 32 heavy (non-hydrogen) atoms. The van der Waals surface area contributed by atoms with Gasteiger partial charge >= 0.3 is 0 Å². The Labute approximate surface area is 191 Å². The van der Waals surface area contributed by atoms with Gasteiger partial charge in [0.05, 0.1) is 19.0 Å². The Bertz CT molecular complexity index is 1040. The Balaban J connectivity index is 1.49. The predicted molar refractivity (Wildman–Crippen MR) is 123 cm³/mol. The number of nitrogens with one attached hydrogen (secondary N) is 1. The van der Waals surface area contributed by atoms with Gasteiger partial charge in [-0.05, 0) is 37.1 Å². The summed E-state index contributed by atoms with van der Waals surface area (Å²) in [5.41, 5.74) is 2.31. The third-order valence-electron chi connectivity index (χ3n) is 5.48. The molecular formula is C22H27ClN6O3. The minimum atomic E-state index is 0.0979. The molecule has 0 bridgehead atoms. The molecule has 3 heterocycles. The van der Waals surface area contributed by atoms with Gasteiger partial charge in [-0.15, -0.1) is 11.6 Å². The van der Waals surface area contributed by atoms with Crippen molar-refractivity contribution in [3.8, 4) is 5.75 Å². The molecule has 1 saturated heterocycles. The van der Waals surface area contributed by atoms with Crippen molar-refractivity contribution in [2.75, 3.05) is 44.6 Å².